The smallest absolute Gasteiger partial charge is 0.253 e. The molecule has 1 fully saturated rings. The number of nitrogens with one attached hydrogen (secondary N) is 1. The van der Waals surface area contributed by atoms with Gasteiger partial charge < -0.3 is 15.3 Å². The van der Waals surface area contributed by atoms with E-state index in [0.717, 1.165) is 19.3 Å². The molecule has 1 aromatic rings. The fourth-order valence-electron chi connectivity index (χ4n) is 4.04. The molecule has 2 amide bonds. The molecule has 28 heavy (non-hydrogen) atoms. The van der Waals surface area contributed by atoms with E-state index in [-0.39, 0.29) is 42.1 Å². The van der Waals surface area contributed by atoms with Crippen molar-refractivity contribution in [1.29, 1.82) is 0 Å². The molecule has 0 aromatic heterocycles. The van der Waals surface area contributed by atoms with Crippen LogP contribution in [0.2, 0.25) is 0 Å². The maximum atomic E-state index is 13.1. The summed E-state index contributed by atoms with van der Waals surface area (Å²) < 4.78 is 13.1. The van der Waals surface area contributed by atoms with Crippen LogP contribution >= 0.6 is 0 Å². The zero-order valence-electron chi connectivity index (χ0n) is 17.2. The van der Waals surface area contributed by atoms with Crippen molar-refractivity contribution in [3.8, 4) is 0 Å². The first-order valence-electron chi connectivity index (χ1n) is 10.3. The molecule has 1 heterocycles. The predicted molar refractivity (Wildman–Crippen MR) is 107 cm³/mol. The Bertz CT molecular complexity index is 648. The van der Waals surface area contributed by atoms with Crippen molar-refractivity contribution in [2.75, 3.05) is 19.7 Å². The third-order valence-electron chi connectivity index (χ3n) is 5.58. The van der Waals surface area contributed by atoms with Crippen molar-refractivity contribution >= 4 is 11.8 Å². The van der Waals surface area contributed by atoms with Gasteiger partial charge in [0, 0.05) is 25.1 Å². The molecule has 2 rings (SSSR count). The molecule has 1 aliphatic rings. The van der Waals surface area contributed by atoms with Crippen LogP contribution in [-0.4, -0.2) is 47.6 Å². The van der Waals surface area contributed by atoms with Crippen molar-refractivity contribution in [1.82, 2.24) is 10.2 Å². The van der Waals surface area contributed by atoms with Crippen molar-refractivity contribution in [2.45, 2.75) is 52.5 Å². The minimum Gasteiger partial charge on any atom is -0.394 e. The number of amides is 2. The van der Waals surface area contributed by atoms with Crippen LogP contribution in [0.4, 0.5) is 4.39 Å². The lowest BCUT2D eigenvalue weighted by Crippen LogP contribution is -2.46. The van der Waals surface area contributed by atoms with E-state index < -0.39 is 0 Å². The normalized spacial score (nSPS) is 20.9. The lowest BCUT2D eigenvalue weighted by molar-refractivity contribution is -0.124. The van der Waals surface area contributed by atoms with Gasteiger partial charge in [0.25, 0.3) is 5.91 Å². The van der Waals surface area contributed by atoms with E-state index in [1.807, 2.05) is 4.90 Å². The zero-order valence-corrected chi connectivity index (χ0v) is 17.2. The third-order valence-corrected chi connectivity index (χ3v) is 5.58. The first-order chi connectivity index (χ1) is 13.3. The number of carbonyl (C=O) groups excluding carboxylic acids is 2. The minimum atomic E-state index is -0.355. The number of hydrogen-bond donors (Lipinski definition) is 2. The number of piperidine rings is 1. The highest BCUT2D eigenvalue weighted by molar-refractivity contribution is 5.94. The second-order valence-electron chi connectivity index (χ2n) is 8.26. The standard InChI is InChI=1S/C22H33FN2O3/c1-4-16-13-25(22(28)17-5-7-19(23)8-6-17)10-9-18(16)12-21(27)24-20(14-26)11-15(2)3/h5-8,15-16,18,20,26H,4,9-14H2,1-3H3,(H,24,27)/t16-,18+,20-/m1/s1. The summed E-state index contributed by atoms with van der Waals surface area (Å²) in [5, 5.41) is 12.4. The zero-order chi connectivity index (χ0) is 20.7. The lowest BCUT2D eigenvalue weighted by Gasteiger charge is -2.38. The fourth-order valence-corrected chi connectivity index (χ4v) is 4.04. The van der Waals surface area contributed by atoms with E-state index in [2.05, 4.69) is 26.1 Å². The van der Waals surface area contributed by atoms with Crippen LogP contribution in [0.25, 0.3) is 0 Å². The highest BCUT2D eigenvalue weighted by atomic mass is 19.1. The van der Waals surface area contributed by atoms with E-state index in [1.54, 1.807) is 0 Å². The molecule has 6 heteroatoms. The van der Waals surface area contributed by atoms with Crippen molar-refractivity contribution in [2.24, 2.45) is 17.8 Å². The van der Waals surface area contributed by atoms with Crippen LogP contribution in [0.1, 0.15) is 56.8 Å². The molecule has 0 aliphatic carbocycles. The van der Waals surface area contributed by atoms with Crippen molar-refractivity contribution in [3.63, 3.8) is 0 Å². The van der Waals surface area contributed by atoms with Crippen molar-refractivity contribution < 1.29 is 19.1 Å². The van der Waals surface area contributed by atoms with Gasteiger partial charge in [-0.1, -0.05) is 27.2 Å². The minimum absolute atomic E-state index is 0.0264. The van der Waals surface area contributed by atoms with Crippen LogP contribution in [0, 0.1) is 23.6 Å². The van der Waals surface area contributed by atoms with Gasteiger partial charge in [0.05, 0.1) is 12.6 Å². The Hall–Kier alpha value is -1.95. The van der Waals surface area contributed by atoms with Gasteiger partial charge in [-0.3, -0.25) is 9.59 Å². The van der Waals surface area contributed by atoms with Gasteiger partial charge in [-0.25, -0.2) is 4.39 Å². The average molecular weight is 393 g/mol. The number of rotatable bonds is 8. The monoisotopic (exact) mass is 392 g/mol. The van der Waals surface area contributed by atoms with Gasteiger partial charge in [-0.15, -0.1) is 0 Å². The topological polar surface area (TPSA) is 69.6 Å². The molecule has 0 radical (unpaired) electrons. The summed E-state index contributed by atoms with van der Waals surface area (Å²) >= 11 is 0. The van der Waals surface area contributed by atoms with E-state index in [1.165, 1.54) is 24.3 Å². The van der Waals surface area contributed by atoms with Gasteiger partial charge in [-0.05, 0) is 54.9 Å². The Kier molecular flexibility index (Phi) is 8.42. The Morgan fingerprint density at radius 2 is 1.93 bits per heavy atom. The molecule has 0 spiro atoms. The fraction of sp³-hybridized carbons (Fsp3) is 0.636. The molecule has 0 saturated carbocycles. The molecule has 156 valence electrons. The highest BCUT2D eigenvalue weighted by Crippen LogP contribution is 2.30. The first kappa shape index (κ1) is 22.3. The summed E-state index contributed by atoms with van der Waals surface area (Å²) in [7, 11) is 0. The summed E-state index contributed by atoms with van der Waals surface area (Å²) in [4.78, 5) is 26.9. The number of carbonyl (C=O) groups is 2. The Morgan fingerprint density at radius 3 is 2.50 bits per heavy atom. The third kappa shape index (κ3) is 6.30. The Labute approximate surface area is 167 Å². The lowest BCUT2D eigenvalue weighted by atomic mass is 9.81. The number of nitrogens with zero attached hydrogens (tertiary/aromatic N) is 1. The van der Waals surface area contributed by atoms with Gasteiger partial charge in [-0.2, -0.15) is 0 Å². The van der Waals surface area contributed by atoms with Crippen LogP contribution in [0.3, 0.4) is 0 Å². The van der Waals surface area contributed by atoms with E-state index in [0.29, 0.717) is 31.0 Å². The Morgan fingerprint density at radius 1 is 1.25 bits per heavy atom. The molecular formula is C22H33FN2O3. The van der Waals surface area contributed by atoms with Crippen LogP contribution in [0.15, 0.2) is 24.3 Å². The molecule has 1 aromatic carbocycles. The first-order valence-corrected chi connectivity index (χ1v) is 10.3. The molecule has 2 N–H and O–H groups in total. The molecule has 1 aliphatic heterocycles. The van der Waals surface area contributed by atoms with Crippen LogP contribution in [-0.2, 0) is 4.79 Å². The number of aliphatic hydroxyl groups excluding tert-OH is 1. The van der Waals surface area contributed by atoms with E-state index >= 15 is 0 Å². The molecule has 0 unspecified atom stereocenters. The quantitative estimate of drug-likeness (QED) is 0.714. The van der Waals surface area contributed by atoms with Crippen molar-refractivity contribution in [3.05, 3.63) is 35.6 Å². The number of aliphatic hydroxyl groups is 1. The van der Waals surface area contributed by atoms with Crippen LogP contribution < -0.4 is 5.32 Å². The molecule has 5 nitrogen and oxygen atoms in total. The summed E-state index contributed by atoms with van der Waals surface area (Å²) in [5.41, 5.74) is 0.493. The number of likely N-dealkylation sites (tertiary alicyclic amines) is 1. The number of halogens is 1. The number of hydrogen-bond acceptors (Lipinski definition) is 3. The highest BCUT2D eigenvalue weighted by Gasteiger charge is 2.32. The maximum absolute atomic E-state index is 13.1. The molecule has 0 bridgehead atoms. The summed E-state index contributed by atoms with van der Waals surface area (Å²) in [6.07, 6.45) is 2.84. The molecule has 3 atom stereocenters. The summed E-state index contributed by atoms with van der Waals surface area (Å²) in [6.45, 7) is 7.37. The maximum Gasteiger partial charge on any atom is 0.253 e. The van der Waals surface area contributed by atoms with Gasteiger partial charge >= 0.3 is 0 Å². The largest absolute Gasteiger partial charge is 0.394 e. The van der Waals surface area contributed by atoms with Gasteiger partial charge in [0.15, 0.2) is 0 Å². The van der Waals surface area contributed by atoms with Gasteiger partial charge in [0.2, 0.25) is 5.91 Å². The van der Waals surface area contributed by atoms with Crippen LogP contribution in [0.5, 0.6) is 0 Å². The molecular weight excluding hydrogens is 359 g/mol. The predicted octanol–water partition coefficient (Wildman–Crippen LogP) is 3.23. The summed E-state index contributed by atoms with van der Waals surface area (Å²) in [5.74, 6) is 0.412. The van der Waals surface area contributed by atoms with E-state index in [9.17, 15) is 19.1 Å². The van der Waals surface area contributed by atoms with Gasteiger partial charge in [0.1, 0.15) is 5.82 Å². The molecule has 1 saturated heterocycles. The second kappa shape index (κ2) is 10.6. The average Bonchev–Trinajstić information content (AvgIpc) is 2.67. The second-order valence-corrected chi connectivity index (χ2v) is 8.26. The SMILES string of the molecule is CC[C@@H]1CN(C(=O)c2ccc(F)cc2)CC[C@H]1CC(=O)N[C@@H](CO)CC(C)C. The number of benzene rings is 1. The Balaban J connectivity index is 1.92. The summed E-state index contributed by atoms with van der Waals surface area (Å²) in [6, 6.07) is 5.43. The van der Waals surface area contributed by atoms with E-state index in [4.69, 9.17) is 0 Å².